The van der Waals surface area contributed by atoms with Crippen LogP contribution in [0.25, 0.3) is 0 Å². The highest BCUT2D eigenvalue weighted by molar-refractivity contribution is 7.99. The summed E-state index contributed by atoms with van der Waals surface area (Å²) in [6.45, 7) is 2.05. The van der Waals surface area contributed by atoms with Crippen molar-refractivity contribution in [3.8, 4) is 5.75 Å². The molecule has 4 nitrogen and oxygen atoms in total. The molecule has 2 aromatic rings. The zero-order valence-corrected chi connectivity index (χ0v) is 13.8. The molecule has 0 radical (unpaired) electrons. The zero-order valence-electron chi connectivity index (χ0n) is 12.9. The van der Waals surface area contributed by atoms with E-state index in [4.69, 9.17) is 9.84 Å². The van der Waals surface area contributed by atoms with Gasteiger partial charge in [0.25, 0.3) is 0 Å². The van der Waals surface area contributed by atoms with E-state index in [0.29, 0.717) is 13.1 Å². The standard InChI is InChI=1S/C18H19NO3S/c1-22-15-6-4-7-16(9-15)23-17-8-3-2-5-13(17)10-19-11-14(12-19)18(20)21/h2-9,14H,10-12H2,1H3,(H,20,21). The fourth-order valence-corrected chi connectivity index (χ4v) is 3.61. The molecule has 1 N–H and O–H groups in total. The molecule has 3 rings (SSSR count). The Morgan fingerprint density at radius 3 is 2.78 bits per heavy atom. The maximum atomic E-state index is 10.9. The molecule has 1 fully saturated rings. The van der Waals surface area contributed by atoms with Crippen LogP contribution in [-0.4, -0.2) is 36.2 Å². The predicted octanol–water partition coefficient (Wildman–Crippen LogP) is 3.36. The number of ether oxygens (including phenoxy) is 1. The predicted molar refractivity (Wildman–Crippen MR) is 90.0 cm³/mol. The Morgan fingerprint density at radius 1 is 1.26 bits per heavy atom. The Bertz CT molecular complexity index is 698. The summed E-state index contributed by atoms with van der Waals surface area (Å²) in [6, 6.07) is 16.3. The van der Waals surface area contributed by atoms with Crippen molar-refractivity contribution in [3.63, 3.8) is 0 Å². The number of rotatable bonds is 6. The number of carboxylic acid groups (broad SMARTS) is 1. The molecule has 1 aliphatic heterocycles. The molecule has 0 unspecified atom stereocenters. The largest absolute Gasteiger partial charge is 0.497 e. The van der Waals surface area contributed by atoms with Crippen LogP contribution < -0.4 is 4.74 Å². The first-order chi connectivity index (χ1) is 11.2. The van der Waals surface area contributed by atoms with E-state index in [9.17, 15) is 4.79 Å². The van der Waals surface area contributed by atoms with Gasteiger partial charge >= 0.3 is 5.97 Å². The van der Waals surface area contributed by atoms with Crippen molar-refractivity contribution in [2.75, 3.05) is 20.2 Å². The van der Waals surface area contributed by atoms with Crippen LogP contribution in [-0.2, 0) is 11.3 Å². The van der Waals surface area contributed by atoms with Crippen molar-refractivity contribution in [2.24, 2.45) is 5.92 Å². The van der Waals surface area contributed by atoms with Crippen molar-refractivity contribution in [3.05, 3.63) is 54.1 Å². The van der Waals surface area contributed by atoms with E-state index in [-0.39, 0.29) is 5.92 Å². The first kappa shape index (κ1) is 15.9. The number of benzene rings is 2. The van der Waals surface area contributed by atoms with Crippen LogP contribution in [0.3, 0.4) is 0 Å². The summed E-state index contributed by atoms with van der Waals surface area (Å²) < 4.78 is 5.27. The summed E-state index contributed by atoms with van der Waals surface area (Å²) >= 11 is 1.70. The molecule has 0 spiro atoms. The average Bonchev–Trinajstić information content (AvgIpc) is 2.51. The molecule has 0 bridgehead atoms. The van der Waals surface area contributed by atoms with E-state index in [1.54, 1.807) is 18.9 Å². The zero-order chi connectivity index (χ0) is 16.2. The maximum Gasteiger partial charge on any atom is 0.309 e. The van der Waals surface area contributed by atoms with Gasteiger partial charge in [-0.25, -0.2) is 0 Å². The van der Waals surface area contributed by atoms with Gasteiger partial charge in [-0.2, -0.15) is 0 Å². The van der Waals surface area contributed by atoms with Gasteiger partial charge in [0.1, 0.15) is 5.75 Å². The second-order valence-corrected chi connectivity index (χ2v) is 6.73. The van der Waals surface area contributed by atoms with Crippen LogP contribution in [0.2, 0.25) is 0 Å². The summed E-state index contributed by atoms with van der Waals surface area (Å²) in [6.07, 6.45) is 0. The molecule has 1 heterocycles. The summed E-state index contributed by atoms with van der Waals surface area (Å²) in [7, 11) is 1.67. The average molecular weight is 329 g/mol. The van der Waals surface area contributed by atoms with Gasteiger partial charge in [0.15, 0.2) is 0 Å². The van der Waals surface area contributed by atoms with Gasteiger partial charge in [-0.3, -0.25) is 9.69 Å². The lowest BCUT2D eigenvalue weighted by molar-refractivity contribution is -0.147. The van der Waals surface area contributed by atoms with Gasteiger partial charge in [-0.05, 0) is 29.8 Å². The molecule has 0 amide bonds. The second kappa shape index (κ2) is 7.06. The molecule has 1 saturated heterocycles. The van der Waals surface area contributed by atoms with E-state index in [1.165, 1.54) is 10.5 Å². The molecule has 0 aliphatic carbocycles. The van der Waals surface area contributed by atoms with E-state index in [1.807, 2.05) is 30.3 Å². The van der Waals surface area contributed by atoms with Crippen molar-refractivity contribution in [1.82, 2.24) is 4.90 Å². The highest BCUT2D eigenvalue weighted by Gasteiger charge is 2.32. The van der Waals surface area contributed by atoms with Gasteiger partial charge in [0, 0.05) is 29.4 Å². The Morgan fingerprint density at radius 2 is 2.04 bits per heavy atom. The fourth-order valence-electron chi connectivity index (χ4n) is 2.62. The van der Waals surface area contributed by atoms with E-state index in [2.05, 4.69) is 23.1 Å². The van der Waals surface area contributed by atoms with E-state index in [0.717, 1.165) is 17.2 Å². The first-order valence-corrected chi connectivity index (χ1v) is 8.32. The Balaban J connectivity index is 1.69. The summed E-state index contributed by atoms with van der Waals surface area (Å²) in [5, 5.41) is 8.97. The molecule has 23 heavy (non-hydrogen) atoms. The van der Waals surface area contributed by atoms with Crippen LogP contribution >= 0.6 is 11.8 Å². The third-order valence-corrected chi connectivity index (χ3v) is 5.05. The number of hydrogen-bond donors (Lipinski definition) is 1. The van der Waals surface area contributed by atoms with Crippen LogP contribution in [0.4, 0.5) is 0 Å². The summed E-state index contributed by atoms with van der Waals surface area (Å²) in [4.78, 5) is 15.4. The van der Waals surface area contributed by atoms with Gasteiger partial charge in [-0.1, -0.05) is 36.0 Å². The molecular weight excluding hydrogens is 310 g/mol. The molecule has 1 aliphatic rings. The molecule has 120 valence electrons. The normalized spacial score (nSPS) is 15.2. The monoisotopic (exact) mass is 329 g/mol. The lowest BCUT2D eigenvalue weighted by Crippen LogP contribution is -2.49. The lowest BCUT2D eigenvalue weighted by atomic mass is 10.00. The second-order valence-electron chi connectivity index (χ2n) is 5.62. The molecule has 5 heteroatoms. The van der Waals surface area contributed by atoms with Crippen LogP contribution in [0.5, 0.6) is 5.75 Å². The number of carbonyl (C=O) groups is 1. The molecular formula is C18H19NO3S. The molecule has 0 aromatic heterocycles. The minimum absolute atomic E-state index is 0.215. The molecule has 2 aromatic carbocycles. The lowest BCUT2D eigenvalue weighted by Gasteiger charge is -2.36. The summed E-state index contributed by atoms with van der Waals surface area (Å²) in [5.74, 6) is -0.0620. The van der Waals surface area contributed by atoms with Crippen LogP contribution in [0.1, 0.15) is 5.56 Å². The Hall–Kier alpha value is -1.98. The SMILES string of the molecule is COc1cccc(Sc2ccccc2CN2CC(C(=O)O)C2)c1. The molecule has 0 atom stereocenters. The Labute approximate surface area is 140 Å². The number of aliphatic carboxylic acids is 1. The van der Waals surface area contributed by atoms with E-state index >= 15 is 0 Å². The van der Waals surface area contributed by atoms with E-state index < -0.39 is 5.97 Å². The molecule has 0 saturated carbocycles. The number of carboxylic acids is 1. The van der Waals surface area contributed by atoms with Gasteiger partial charge in [0.05, 0.1) is 13.0 Å². The highest BCUT2D eigenvalue weighted by Crippen LogP contribution is 2.33. The topological polar surface area (TPSA) is 49.8 Å². The van der Waals surface area contributed by atoms with Gasteiger partial charge < -0.3 is 9.84 Å². The summed E-state index contributed by atoms with van der Waals surface area (Å²) in [5.41, 5.74) is 1.23. The van der Waals surface area contributed by atoms with Gasteiger partial charge in [-0.15, -0.1) is 0 Å². The van der Waals surface area contributed by atoms with Gasteiger partial charge in [0.2, 0.25) is 0 Å². The maximum absolute atomic E-state index is 10.9. The van der Waals surface area contributed by atoms with Crippen LogP contribution in [0, 0.1) is 5.92 Å². The van der Waals surface area contributed by atoms with Crippen molar-refractivity contribution >= 4 is 17.7 Å². The third-order valence-electron chi connectivity index (χ3n) is 3.94. The van der Waals surface area contributed by atoms with Crippen molar-refractivity contribution < 1.29 is 14.6 Å². The number of likely N-dealkylation sites (tertiary alicyclic amines) is 1. The minimum Gasteiger partial charge on any atom is -0.497 e. The minimum atomic E-state index is -0.694. The van der Waals surface area contributed by atoms with Crippen molar-refractivity contribution in [1.29, 1.82) is 0 Å². The highest BCUT2D eigenvalue weighted by atomic mass is 32.2. The smallest absolute Gasteiger partial charge is 0.309 e. The Kier molecular flexibility index (Phi) is 4.88. The number of nitrogens with zero attached hydrogens (tertiary/aromatic N) is 1. The third kappa shape index (κ3) is 3.86. The fraction of sp³-hybridized carbons (Fsp3) is 0.278. The number of methoxy groups -OCH3 is 1. The number of hydrogen-bond acceptors (Lipinski definition) is 4. The van der Waals surface area contributed by atoms with Crippen molar-refractivity contribution in [2.45, 2.75) is 16.3 Å². The van der Waals surface area contributed by atoms with Crippen LogP contribution in [0.15, 0.2) is 58.3 Å². The first-order valence-electron chi connectivity index (χ1n) is 7.50. The quantitative estimate of drug-likeness (QED) is 0.880.